The summed E-state index contributed by atoms with van der Waals surface area (Å²) in [6.07, 6.45) is 0.425. The lowest BCUT2D eigenvalue weighted by atomic mass is 10.1. The van der Waals surface area contributed by atoms with Crippen LogP contribution in [0.1, 0.15) is 12.5 Å². The van der Waals surface area contributed by atoms with Gasteiger partial charge in [-0.15, -0.1) is 0 Å². The average molecular weight is 207 g/mol. The number of rotatable bonds is 5. The molecule has 0 spiro atoms. The zero-order valence-corrected chi connectivity index (χ0v) is 9.19. The van der Waals surface area contributed by atoms with Gasteiger partial charge in [0, 0.05) is 13.2 Å². The summed E-state index contributed by atoms with van der Waals surface area (Å²) >= 11 is 0. The first-order valence-corrected chi connectivity index (χ1v) is 5.04. The number of ether oxygens (including phenoxy) is 1. The number of hydrogen-bond acceptors (Lipinski definition) is 2. The summed E-state index contributed by atoms with van der Waals surface area (Å²) in [5, 5.41) is 2.87. The molecule has 1 amide bonds. The molecule has 0 bridgehead atoms. The molecule has 1 unspecified atom stereocenters. The lowest BCUT2D eigenvalue weighted by Gasteiger charge is -2.12. The molecule has 0 saturated carbocycles. The fourth-order valence-electron chi connectivity index (χ4n) is 1.40. The summed E-state index contributed by atoms with van der Waals surface area (Å²) in [5.41, 5.74) is 1.03. The third-order valence-electron chi connectivity index (χ3n) is 2.03. The standard InChI is InChI=1S/C12H17NO2/c1-10(9-15-2)13-12(14)8-11-6-4-3-5-7-11/h3-7,10H,8-9H2,1-2H3,(H,13,14). The van der Waals surface area contributed by atoms with Crippen LogP contribution in [0.2, 0.25) is 0 Å². The summed E-state index contributed by atoms with van der Waals surface area (Å²) in [7, 11) is 1.62. The van der Waals surface area contributed by atoms with Gasteiger partial charge in [0.25, 0.3) is 0 Å². The molecule has 1 aromatic carbocycles. The van der Waals surface area contributed by atoms with Crippen molar-refractivity contribution in [1.29, 1.82) is 0 Å². The SMILES string of the molecule is COCC(C)NC(=O)Cc1ccccc1. The van der Waals surface area contributed by atoms with Crippen LogP contribution in [-0.4, -0.2) is 25.7 Å². The molecule has 82 valence electrons. The predicted octanol–water partition coefficient (Wildman–Crippen LogP) is 1.38. The van der Waals surface area contributed by atoms with Gasteiger partial charge in [0.2, 0.25) is 5.91 Å². The average Bonchev–Trinajstić information content (AvgIpc) is 2.19. The quantitative estimate of drug-likeness (QED) is 0.792. The van der Waals surface area contributed by atoms with Gasteiger partial charge in [0.15, 0.2) is 0 Å². The maximum Gasteiger partial charge on any atom is 0.224 e. The van der Waals surface area contributed by atoms with Crippen LogP contribution in [-0.2, 0) is 16.0 Å². The number of amides is 1. The highest BCUT2D eigenvalue weighted by atomic mass is 16.5. The third kappa shape index (κ3) is 4.61. The molecule has 1 atom stereocenters. The Morgan fingerprint density at radius 1 is 1.40 bits per heavy atom. The normalized spacial score (nSPS) is 12.1. The molecule has 3 heteroatoms. The van der Waals surface area contributed by atoms with Crippen LogP contribution < -0.4 is 5.32 Å². The first kappa shape index (κ1) is 11.7. The van der Waals surface area contributed by atoms with Gasteiger partial charge in [-0.25, -0.2) is 0 Å². The minimum atomic E-state index is 0.0331. The summed E-state index contributed by atoms with van der Waals surface area (Å²) in [6.45, 7) is 2.47. The molecule has 1 N–H and O–H groups in total. The van der Waals surface area contributed by atoms with Crippen molar-refractivity contribution < 1.29 is 9.53 Å². The second kappa shape index (κ2) is 6.19. The van der Waals surface area contributed by atoms with Crippen LogP contribution in [0.3, 0.4) is 0 Å². The highest BCUT2D eigenvalue weighted by molar-refractivity contribution is 5.78. The largest absolute Gasteiger partial charge is 0.383 e. The van der Waals surface area contributed by atoms with Crippen molar-refractivity contribution >= 4 is 5.91 Å². The van der Waals surface area contributed by atoms with Crippen molar-refractivity contribution in [3.8, 4) is 0 Å². The molecule has 0 fully saturated rings. The lowest BCUT2D eigenvalue weighted by Crippen LogP contribution is -2.36. The summed E-state index contributed by atoms with van der Waals surface area (Å²) in [6, 6.07) is 9.75. The molecular weight excluding hydrogens is 190 g/mol. The van der Waals surface area contributed by atoms with E-state index in [0.29, 0.717) is 13.0 Å². The maximum absolute atomic E-state index is 11.5. The summed E-state index contributed by atoms with van der Waals surface area (Å²) in [5.74, 6) is 0.0331. The Morgan fingerprint density at radius 2 is 2.07 bits per heavy atom. The minimum absolute atomic E-state index is 0.0331. The van der Waals surface area contributed by atoms with Crippen molar-refractivity contribution in [2.75, 3.05) is 13.7 Å². The van der Waals surface area contributed by atoms with Crippen molar-refractivity contribution in [3.05, 3.63) is 35.9 Å². The van der Waals surface area contributed by atoms with Gasteiger partial charge in [0.05, 0.1) is 13.0 Å². The Balaban J connectivity index is 2.36. The number of hydrogen-bond donors (Lipinski definition) is 1. The van der Waals surface area contributed by atoms with Gasteiger partial charge in [-0.2, -0.15) is 0 Å². The highest BCUT2D eigenvalue weighted by Gasteiger charge is 2.06. The van der Waals surface area contributed by atoms with Gasteiger partial charge in [-0.3, -0.25) is 4.79 Å². The van der Waals surface area contributed by atoms with Crippen LogP contribution in [0, 0.1) is 0 Å². The van der Waals surface area contributed by atoms with Crippen LogP contribution in [0.15, 0.2) is 30.3 Å². The first-order valence-electron chi connectivity index (χ1n) is 5.04. The fraction of sp³-hybridized carbons (Fsp3) is 0.417. The van der Waals surface area contributed by atoms with Gasteiger partial charge in [0.1, 0.15) is 0 Å². The summed E-state index contributed by atoms with van der Waals surface area (Å²) in [4.78, 5) is 11.5. The predicted molar refractivity (Wildman–Crippen MR) is 59.6 cm³/mol. The van der Waals surface area contributed by atoms with Crippen LogP contribution in [0.4, 0.5) is 0 Å². The molecule has 0 aliphatic rings. The van der Waals surface area contributed by atoms with E-state index in [0.717, 1.165) is 5.56 Å². The lowest BCUT2D eigenvalue weighted by molar-refractivity contribution is -0.121. The number of methoxy groups -OCH3 is 1. The van der Waals surface area contributed by atoms with E-state index in [4.69, 9.17) is 4.74 Å². The van der Waals surface area contributed by atoms with E-state index in [-0.39, 0.29) is 11.9 Å². The van der Waals surface area contributed by atoms with Crippen LogP contribution in [0.5, 0.6) is 0 Å². The second-order valence-electron chi connectivity index (χ2n) is 3.59. The van der Waals surface area contributed by atoms with Gasteiger partial charge in [-0.05, 0) is 12.5 Å². The molecule has 0 aliphatic heterocycles. The van der Waals surface area contributed by atoms with Crippen molar-refractivity contribution in [3.63, 3.8) is 0 Å². The molecule has 0 aliphatic carbocycles. The maximum atomic E-state index is 11.5. The molecule has 0 aromatic heterocycles. The minimum Gasteiger partial charge on any atom is -0.383 e. The zero-order chi connectivity index (χ0) is 11.1. The Bertz CT molecular complexity index is 298. The zero-order valence-electron chi connectivity index (χ0n) is 9.19. The van der Waals surface area contributed by atoms with Gasteiger partial charge >= 0.3 is 0 Å². The molecular formula is C12H17NO2. The molecule has 0 saturated heterocycles. The number of benzene rings is 1. The molecule has 0 heterocycles. The van der Waals surface area contributed by atoms with Gasteiger partial charge < -0.3 is 10.1 Å². The van der Waals surface area contributed by atoms with Crippen molar-refractivity contribution in [2.24, 2.45) is 0 Å². The number of carbonyl (C=O) groups is 1. The van der Waals surface area contributed by atoms with E-state index in [2.05, 4.69) is 5.32 Å². The van der Waals surface area contributed by atoms with Crippen molar-refractivity contribution in [2.45, 2.75) is 19.4 Å². The van der Waals surface area contributed by atoms with E-state index >= 15 is 0 Å². The molecule has 0 radical (unpaired) electrons. The molecule has 3 nitrogen and oxygen atoms in total. The Labute approximate surface area is 90.4 Å². The van der Waals surface area contributed by atoms with E-state index in [1.807, 2.05) is 37.3 Å². The molecule has 15 heavy (non-hydrogen) atoms. The highest BCUT2D eigenvalue weighted by Crippen LogP contribution is 1.99. The smallest absolute Gasteiger partial charge is 0.224 e. The Kier molecular flexibility index (Phi) is 4.84. The van der Waals surface area contributed by atoms with Crippen molar-refractivity contribution in [1.82, 2.24) is 5.32 Å². The Hall–Kier alpha value is -1.35. The monoisotopic (exact) mass is 207 g/mol. The van der Waals surface area contributed by atoms with Crippen LogP contribution in [0.25, 0.3) is 0 Å². The van der Waals surface area contributed by atoms with E-state index < -0.39 is 0 Å². The molecule has 1 aromatic rings. The van der Waals surface area contributed by atoms with Crippen LogP contribution >= 0.6 is 0 Å². The second-order valence-corrected chi connectivity index (χ2v) is 3.59. The number of carbonyl (C=O) groups excluding carboxylic acids is 1. The van der Waals surface area contributed by atoms with Gasteiger partial charge in [-0.1, -0.05) is 30.3 Å². The fourth-order valence-corrected chi connectivity index (χ4v) is 1.40. The molecule has 1 rings (SSSR count). The van der Waals surface area contributed by atoms with E-state index in [1.165, 1.54) is 0 Å². The Morgan fingerprint density at radius 3 is 2.67 bits per heavy atom. The number of nitrogens with one attached hydrogen (secondary N) is 1. The summed E-state index contributed by atoms with van der Waals surface area (Å²) < 4.78 is 4.94. The van der Waals surface area contributed by atoms with E-state index in [1.54, 1.807) is 7.11 Å². The topological polar surface area (TPSA) is 38.3 Å². The third-order valence-corrected chi connectivity index (χ3v) is 2.03. The van der Waals surface area contributed by atoms with E-state index in [9.17, 15) is 4.79 Å². The first-order chi connectivity index (χ1) is 7.22.